The highest BCUT2D eigenvalue weighted by Gasteiger charge is 2.50. The third-order valence-corrected chi connectivity index (χ3v) is 11.6. The van der Waals surface area contributed by atoms with Gasteiger partial charge in [0.25, 0.3) is 0 Å². The Morgan fingerprint density at radius 2 is 1.24 bits per heavy atom. The molecule has 4 atom stereocenters. The van der Waals surface area contributed by atoms with Gasteiger partial charge in [-0.25, -0.2) is 0 Å². The molecule has 0 rings (SSSR count). The molecule has 6 nitrogen and oxygen atoms in total. The first kappa shape index (κ1) is 44.3. The van der Waals surface area contributed by atoms with Crippen molar-refractivity contribution in [1.82, 2.24) is 0 Å². The van der Waals surface area contributed by atoms with Crippen molar-refractivity contribution in [3.8, 4) is 0 Å². The summed E-state index contributed by atoms with van der Waals surface area (Å²) in [4.78, 5) is 13.0. The number of esters is 1. The molecule has 4 unspecified atom stereocenters. The molecule has 0 saturated carbocycles. The van der Waals surface area contributed by atoms with Crippen LogP contribution in [0.1, 0.15) is 163 Å². The zero-order valence-electron chi connectivity index (χ0n) is 33.3. The summed E-state index contributed by atoms with van der Waals surface area (Å²) < 4.78 is 31.5. The van der Waals surface area contributed by atoms with Crippen molar-refractivity contribution < 1.29 is 28.5 Å². The van der Waals surface area contributed by atoms with Crippen molar-refractivity contribution in [2.75, 3.05) is 26.4 Å². The Kier molecular flexibility index (Phi) is 17.9. The van der Waals surface area contributed by atoms with E-state index in [2.05, 4.69) is 125 Å². The fourth-order valence-electron chi connectivity index (χ4n) is 6.06. The predicted octanol–water partition coefficient (Wildman–Crippen LogP) is 10.4. The van der Waals surface area contributed by atoms with Crippen LogP contribution in [-0.2, 0) is 28.5 Å². The van der Waals surface area contributed by atoms with Crippen molar-refractivity contribution in [2.24, 2.45) is 28.1 Å². The first-order valence-electron chi connectivity index (χ1n) is 18.1. The Balaban J connectivity index is 5.23. The Labute approximate surface area is 280 Å². The van der Waals surface area contributed by atoms with Crippen LogP contribution in [0.2, 0.25) is 0 Å². The number of hydrogen-bond acceptors (Lipinski definition) is 6. The molecule has 0 aliphatic heterocycles. The van der Waals surface area contributed by atoms with E-state index < -0.39 is 11.2 Å². The summed E-state index contributed by atoms with van der Waals surface area (Å²) in [6, 6.07) is 0. The van der Waals surface area contributed by atoms with E-state index in [-0.39, 0.29) is 52.5 Å². The van der Waals surface area contributed by atoms with Crippen molar-refractivity contribution >= 4 is 5.97 Å². The van der Waals surface area contributed by atoms with Gasteiger partial charge in [0.15, 0.2) is 0 Å². The van der Waals surface area contributed by atoms with E-state index in [4.69, 9.17) is 23.7 Å². The Hall–Kier alpha value is -0.690. The number of ether oxygens (including phenoxy) is 5. The van der Waals surface area contributed by atoms with Crippen LogP contribution in [0.3, 0.4) is 0 Å². The highest BCUT2D eigenvalue weighted by atomic mass is 16.6. The molecule has 0 aromatic carbocycles. The average Bonchev–Trinajstić information content (AvgIpc) is 2.92. The van der Waals surface area contributed by atoms with Crippen molar-refractivity contribution in [3.05, 3.63) is 0 Å². The third-order valence-electron chi connectivity index (χ3n) is 11.6. The maximum atomic E-state index is 13.0. The van der Waals surface area contributed by atoms with Gasteiger partial charge < -0.3 is 23.7 Å². The second-order valence-corrected chi connectivity index (χ2v) is 17.1. The smallest absolute Gasteiger partial charge is 0.309 e. The number of hydrogen-bond donors (Lipinski definition) is 0. The predicted molar refractivity (Wildman–Crippen MR) is 190 cm³/mol. The van der Waals surface area contributed by atoms with Gasteiger partial charge in [-0.3, -0.25) is 4.79 Å². The lowest BCUT2D eigenvalue weighted by atomic mass is 9.67. The van der Waals surface area contributed by atoms with Gasteiger partial charge in [0.2, 0.25) is 0 Å². The topological polar surface area (TPSA) is 63.2 Å². The minimum Gasteiger partial charge on any atom is -0.463 e. The molecule has 0 aliphatic rings. The van der Waals surface area contributed by atoms with Crippen molar-refractivity contribution in [2.45, 2.75) is 192 Å². The van der Waals surface area contributed by atoms with E-state index in [0.29, 0.717) is 19.1 Å². The van der Waals surface area contributed by atoms with Crippen LogP contribution in [0.25, 0.3) is 0 Å². The van der Waals surface area contributed by atoms with Crippen LogP contribution in [0.4, 0.5) is 0 Å². The Morgan fingerprint density at radius 1 is 0.667 bits per heavy atom. The summed E-state index contributed by atoms with van der Waals surface area (Å²) in [5.74, 6) is 0.226. The van der Waals surface area contributed by atoms with Gasteiger partial charge in [0.05, 0.1) is 48.1 Å². The van der Waals surface area contributed by atoms with E-state index in [1.165, 1.54) is 0 Å². The minimum atomic E-state index is -0.427. The third kappa shape index (κ3) is 13.4. The zero-order valence-corrected chi connectivity index (χ0v) is 33.3. The van der Waals surface area contributed by atoms with Gasteiger partial charge in [0.1, 0.15) is 6.61 Å². The second-order valence-electron chi connectivity index (χ2n) is 17.1. The quantitative estimate of drug-likeness (QED) is 0.0771. The number of carbonyl (C=O) groups is 1. The average molecular weight is 643 g/mol. The molecule has 0 aromatic rings. The van der Waals surface area contributed by atoms with Crippen LogP contribution in [-0.4, -0.2) is 61.4 Å². The maximum Gasteiger partial charge on any atom is 0.309 e. The molecule has 0 amide bonds. The van der Waals surface area contributed by atoms with E-state index in [1.54, 1.807) is 0 Å². The van der Waals surface area contributed by atoms with Gasteiger partial charge in [0, 0.05) is 12.0 Å². The highest BCUT2D eigenvalue weighted by Crippen LogP contribution is 2.47. The summed E-state index contributed by atoms with van der Waals surface area (Å²) in [6.45, 7) is 41.3. The maximum absolute atomic E-state index is 13.0. The monoisotopic (exact) mass is 643 g/mol. The molecule has 0 spiro atoms. The lowest BCUT2D eigenvalue weighted by molar-refractivity contribution is -0.225. The first-order valence-corrected chi connectivity index (χ1v) is 18.1. The second kappa shape index (κ2) is 18.2. The SMILES string of the molecule is CCC(C)(C)C(CC(C)C)C(=O)OCCOC(C)(C)CCOC(C)(C)C(C)(CC)C(C)OC(C)(CC)C(C)(C)CCOC(C)C. The van der Waals surface area contributed by atoms with Gasteiger partial charge in [-0.1, -0.05) is 75.7 Å². The summed E-state index contributed by atoms with van der Waals surface area (Å²) in [5, 5.41) is 0. The van der Waals surface area contributed by atoms with Crippen LogP contribution in [0, 0.1) is 28.1 Å². The fraction of sp³-hybridized carbons (Fsp3) is 0.974. The van der Waals surface area contributed by atoms with Crippen LogP contribution >= 0.6 is 0 Å². The van der Waals surface area contributed by atoms with E-state index >= 15 is 0 Å². The standard InChI is InChI=1S/C39H78O6/c1-19-34(9,10)32(28-29(4)5)33(40)42-26-27-43-36(13,14)23-25-44-37(15,16)38(17,20-2)31(8)45-39(18,21-3)35(11,12)22-24-41-30(6)7/h29-32H,19-28H2,1-18H3. The highest BCUT2D eigenvalue weighted by molar-refractivity contribution is 5.73. The molecule has 0 radical (unpaired) electrons. The van der Waals surface area contributed by atoms with E-state index in [0.717, 1.165) is 45.1 Å². The summed E-state index contributed by atoms with van der Waals surface area (Å²) in [7, 11) is 0. The van der Waals surface area contributed by atoms with Crippen molar-refractivity contribution in [1.29, 1.82) is 0 Å². The summed E-state index contributed by atoms with van der Waals surface area (Å²) in [5.41, 5.74) is -1.50. The molecule has 0 heterocycles. The molecule has 0 aliphatic carbocycles. The normalized spacial score (nSPS) is 17.7. The molecule has 0 aromatic heterocycles. The molecular weight excluding hydrogens is 564 g/mol. The first-order chi connectivity index (χ1) is 20.4. The van der Waals surface area contributed by atoms with Crippen LogP contribution in [0.5, 0.6) is 0 Å². The fourth-order valence-corrected chi connectivity index (χ4v) is 6.06. The molecule has 0 bridgehead atoms. The molecule has 45 heavy (non-hydrogen) atoms. The summed E-state index contributed by atoms with van der Waals surface area (Å²) >= 11 is 0. The van der Waals surface area contributed by atoms with Gasteiger partial charge in [-0.05, 0) is 104 Å². The lowest BCUT2D eigenvalue weighted by Crippen LogP contribution is -2.56. The van der Waals surface area contributed by atoms with E-state index in [9.17, 15) is 4.79 Å². The minimum absolute atomic E-state index is 0.0242. The number of carbonyl (C=O) groups excluding carboxylic acids is 1. The molecule has 270 valence electrons. The van der Waals surface area contributed by atoms with Crippen molar-refractivity contribution in [3.63, 3.8) is 0 Å². The van der Waals surface area contributed by atoms with Crippen LogP contribution < -0.4 is 0 Å². The zero-order chi connectivity index (χ0) is 35.5. The Bertz CT molecular complexity index is 844. The molecule has 0 fully saturated rings. The Morgan fingerprint density at radius 3 is 1.71 bits per heavy atom. The van der Waals surface area contributed by atoms with Gasteiger partial charge >= 0.3 is 5.97 Å². The molecular formula is C39H78O6. The number of rotatable bonds is 24. The molecule has 0 saturated heterocycles. The molecule has 0 N–H and O–H groups in total. The largest absolute Gasteiger partial charge is 0.463 e. The van der Waals surface area contributed by atoms with Crippen LogP contribution in [0.15, 0.2) is 0 Å². The van der Waals surface area contributed by atoms with Gasteiger partial charge in [-0.2, -0.15) is 0 Å². The molecule has 6 heteroatoms. The van der Waals surface area contributed by atoms with E-state index in [1.807, 2.05) is 0 Å². The summed E-state index contributed by atoms with van der Waals surface area (Å²) in [6.07, 6.45) is 5.49. The van der Waals surface area contributed by atoms with Gasteiger partial charge in [-0.15, -0.1) is 0 Å². The lowest BCUT2D eigenvalue weighted by Gasteiger charge is -2.52.